The SMILES string of the molecule is COCCN(C)CC(N)c1ccc(OC)c(F)c1. The number of ether oxygens (including phenoxy) is 2. The number of halogens is 1. The van der Waals surface area contributed by atoms with Crippen LogP contribution in [0.2, 0.25) is 0 Å². The molecule has 0 fully saturated rings. The minimum Gasteiger partial charge on any atom is -0.494 e. The molecule has 0 amide bonds. The third-order valence-electron chi connectivity index (χ3n) is 2.79. The molecule has 4 nitrogen and oxygen atoms in total. The van der Waals surface area contributed by atoms with Gasteiger partial charge in [0.2, 0.25) is 0 Å². The third-order valence-corrected chi connectivity index (χ3v) is 2.79. The number of hydrogen-bond donors (Lipinski definition) is 1. The van der Waals surface area contributed by atoms with Crippen molar-refractivity contribution < 1.29 is 13.9 Å². The Balaban J connectivity index is 2.61. The highest BCUT2D eigenvalue weighted by Crippen LogP contribution is 2.21. The van der Waals surface area contributed by atoms with E-state index in [9.17, 15) is 4.39 Å². The van der Waals surface area contributed by atoms with Gasteiger partial charge in [0.05, 0.1) is 13.7 Å². The first kappa shape index (κ1) is 14.9. The van der Waals surface area contributed by atoms with Gasteiger partial charge in [-0.3, -0.25) is 0 Å². The van der Waals surface area contributed by atoms with Crippen molar-refractivity contribution in [2.45, 2.75) is 6.04 Å². The largest absolute Gasteiger partial charge is 0.494 e. The van der Waals surface area contributed by atoms with Crippen LogP contribution >= 0.6 is 0 Å². The van der Waals surface area contributed by atoms with Crippen molar-refractivity contribution in [3.05, 3.63) is 29.6 Å². The predicted octanol–water partition coefficient (Wildman–Crippen LogP) is 1.41. The van der Waals surface area contributed by atoms with Gasteiger partial charge >= 0.3 is 0 Å². The first-order valence-electron chi connectivity index (χ1n) is 5.85. The van der Waals surface area contributed by atoms with E-state index in [2.05, 4.69) is 4.90 Å². The van der Waals surface area contributed by atoms with Crippen LogP contribution in [0, 0.1) is 5.82 Å². The number of nitrogens with two attached hydrogens (primary N) is 1. The maximum atomic E-state index is 13.5. The molecular formula is C13H21FN2O2. The van der Waals surface area contributed by atoms with Crippen molar-refractivity contribution in [2.24, 2.45) is 5.73 Å². The van der Waals surface area contributed by atoms with Gasteiger partial charge in [-0.15, -0.1) is 0 Å². The van der Waals surface area contributed by atoms with Gasteiger partial charge in [0.25, 0.3) is 0 Å². The van der Waals surface area contributed by atoms with Gasteiger partial charge < -0.3 is 20.1 Å². The van der Waals surface area contributed by atoms with Crippen molar-refractivity contribution in [2.75, 3.05) is 41.0 Å². The minimum absolute atomic E-state index is 0.229. The van der Waals surface area contributed by atoms with Crippen molar-refractivity contribution in [1.82, 2.24) is 4.90 Å². The van der Waals surface area contributed by atoms with Gasteiger partial charge in [-0.05, 0) is 24.7 Å². The highest BCUT2D eigenvalue weighted by atomic mass is 19.1. The van der Waals surface area contributed by atoms with Crippen LogP contribution in [-0.2, 0) is 4.74 Å². The average molecular weight is 256 g/mol. The first-order valence-corrected chi connectivity index (χ1v) is 5.85. The summed E-state index contributed by atoms with van der Waals surface area (Å²) in [5.41, 5.74) is 6.80. The summed E-state index contributed by atoms with van der Waals surface area (Å²) < 4.78 is 23.4. The second kappa shape index (κ2) is 7.31. The normalized spacial score (nSPS) is 12.8. The summed E-state index contributed by atoms with van der Waals surface area (Å²) in [6.07, 6.45) is 0. The van der Waals surface area contributed by atoms with Crippen LogP contribution in [0.4, 0.5) is 4.39 Å². The molecule has 102 valence electrons. The number of likely N-dealkylation sites (N-methyl/N-ethyl adjacent to an activating group) is 1. The maximum absolute atomic E-state index is 13.5. The summed E-state index contributed by atoms with van der Waals surface area (Å²) in [6, 6.07) is 4.58. The topological polar surface area (TPSA) is 47.7 Å². The lowest BCUT2D eigenvalue weighted by Crippen LogP contribution is -2.31. The van der Waals surface area contributed by atoms with Crippen LogP contribution in [0.1, 0.15) is 11.6 Å². The van der Waals surface area contributed by atoms with E-state index >= 15 is 0 Å². The number of methoxy groups -OCH3 is 2. The smallest absolute Gasteiger partial charge is 0.165 e. The van der Waals surface area contributed by atoms with Gasteiger partial charge in [-0.25, -0.2) is 4.39 Å². The second-order valence-electron chi connectivity index (χ2n) is 4.26. The Morgan fingerprint density at radius 3 is 2.67 bits per heavy atom. The van der Waals surface area contributed by atoms with Crippen molar-refractivity contribution in [1.29, 1.82) is 0 Å². The number of nitrogens with zero attached hydrogens (tertiary/aromatic N) is 1. The summed E-state index contributed by atoms with van der Waals surface area (Å²) in [5.74, 6) is -0.149. The summed E-state index contributed by atoms with van der Waals surface area (Å²) in [7, 11) is 5.06. The Hall–Kier alpha value is -1.17. The van der Waals surface area contributed by atoms with Gasteiger partial charge in [0.15, 0.2) is 11.6 Å². The summed E-state index contributed by atoms with van der Waals surface area (Å²) >= 11 is 0. The number of benzene rings is 1. The molecule has 0 aromatic heterocycles. The van der Waals surface area contributed by atoms with Crippen molar-refractivity contribution >= 4 is 0 Å². The molecule has 1 rings (SSSR count). The van der Waals surface area contributed by atoms with Crippen LogP contribution < -0.4 is 10.5 Å². The maximum Gasteiger partial charge on any atom is 0.165 e. The molecule has 1 unspecified atom stereocenters. The molecule has 0 saturated heterocycles. The van der Waals surface area contributed by atoms with E-state index in [0.717, 1.165) is 12.1 Å². The van der Waals surface area contributed by atoms with Crippen LogP contribution in [0.15, 0.2) is 18.2 Å². The molecule has 0 saturated carbocycles. The van der Waals surface area contributed by atoms with Crippen LogP contribution in [0.3, 0.4) is 0 Å². The molecule has 0 aliphatic carbocycles. The molecule has 0 bridgehead atoms. The predicted molar refractivity (Wildman–Crippen MR) is 69.3 cm³/mol. The Labute approximate surface area is 107 Å². The summed E-state index contributed by atoms with van der Waals surface area (Å²) in [4.78, 5) is 2.05. The van der Waals surface area contributed by atoms with E-state index in [1.807, 2.05) is 7.05 Å². The zero-order valence-electron chi connectivity index (χ0n) is 11.1. The molecule has 1 aromatic carbocycles. The lowest BCUT2D eigenvalue weighted by Gasteiger charge is -2.21. The zero-order valence-corrected chi connectivity index (χ0v) is 11.1. The van der Waals surface area contributed by atoms with E-state index in [1.54, 1.807) is 19.2 Å². The quantitative estimate of drug-likeness (QED) is 0.801. The van der Waals surface area contributed by atoms with E-state index in [4.69, 9.17) is 15.2 Å². The standard InChI is InChI=1S/C13H21FN2O2/c1-16(6-7-17-2)9-12(15)10-4-5-13(18-3)11(14)8-10/h4-5,8,12H,6-7,9,15H2,1-3H3. The van der Waals surface area contributed by atoms with Crippen molar-refractivity contribution in [3.63, 3.8) is 0 Å². The summed E-state index contributed by atoms with van der Waals surface area (Å²) in [5, 5.41) is 0. The summed E-state index contributed by atoms with van der Waals surface area (Å²) in [6.45, 7) is 2.10. The fraction of sp³-hybridized carbons (Fsp3) is 0.538. The van der Waals surface area contributed by atoms with Crippen LogP contribution in [-0.4, -0.2) is 45.9 Å². The van der Waals surface area contributed by atoms with Crippen LogP contribution in [0.25, 0.3) is 0 Å². The Bertz CT molecular complexity index is 374. The van der Waals surface area contributed by atoms with Gasteiger partial charge in [-0.1, -0.05) is 6.07 Å². The molecule has 0 heterocycles. The van der Waals surface area contributed by atoms with Gasteiger partial charge in [-0.2, -0.15) is 0 Å². The molecule has 5 heteroatoms. The van der Waals surface area contributed by atoms with E-state index in [1.165, 1.54) is 13.2 Å². The molecule has 0 spiro atoms. The third kappa shape index (κ3) is 4.25. The number of rotatable bonds is 7. The Kier molecular flexibility index (Phi) is 6.04. The van der Waals surface area contributed by atoms with Crippen LogP contribution in [0.5, 0.6) is 5.75 Å². The van der Waals surface area contributed by atoms with E-state index in [-0.39, 0.29) is 17.6 Å². The molecule has 0 aliphatic heterocycles. The Morgan fingerprint density at radius 1 is 1.39 bits per heavy atom. The lowest BCUT2D eigenvalue weighted by molar-refractivity contribution is 0.158. The highest BCUT2D eigenvalue weighted by Gasteiger charge is 2.12. The fourth-order valence-electron chi connectivity index (χ4n) is 1.69. The van der Waals surface area contributed by atoms with Gasteiger partial charge in [0.1, 0.15) is 0 Å². The molecule has 1 aromatic rings. The lowest BCUT2D eigenvalue weighted by atomic mass is 10.1. The molecule has 18 heavy (non-hydrogen) atoms. The first-order chi connectivity index (χ1) is 8.58. The fourth-order valence-corrected chi connectivity index (χ4v) is 1.69. The highest BCUT2D eigenvalue weighted by molar-refractivity contribution is 5.31. The number of hydrogen-bond acceptors (Lipinski definition) is 4. The molecule has 0 aliphatic rings. The molecule has 0 radical (unpaired) electrons. The second-order valence-corrected chi connectivity index (χ2v) is 4.26. The minimum atomic E-state index is -0.384. The molecular weight excluding hydrogens is 235 g/mol. The monoisotopic (exact) mass is 256 g/mol. The van der Waals surface area contributed by atoms with E-state index in [0.29, 0.717) is 13.2 Å². The van der Waals surface area contributed by atoms with E-state index < -0.39 is 0 Å². The average Bonchev–Trinajstić information content (AvgIpc) is 2.36. The van der Waals surface area contributed by atoms with Crippen molar-refractivity contribution in [3.8, 4) is 5.75 Å². The van der Waals surface area contributed by atoms with Gasteiger partial charge in [0, 0.05) is 26.2 Å². The Morgan fingerprint density at radius 2 is 2.11 bits per heavy atom. The molecule has 1 atom stereocenters. The zero-order chi connectivity index (χ0) is 13.5. The molecule has 2 N–H and O–H groups in total.